The summed E-state index contributed by atoms with van der Waals surface area (Å²) in [5.41, 5.74) is 1.78. The number of thioether (sulfide) groups is 1. The van der Waals surface area contributed by atoms with Gasteiger partial charge in [-0.25, -0.2) is 4.79 Å². The van der Waals surface area contributed by atoms with Gasteiger partial charge in [-0.1, -0.05) is 17.8 Å². The van der Waals surface area contributed by atoms with Crippen molar-refractivity contribution in [1.82, 2.24) is 14.8 Å². The van der Waals surface area contributed by atoms with Crippen molar-refractivity contribution < 1.29 is 14.6 Å². The van der Waals surface area contributed by atoms with Crippen LogP contribution in [-0.2, 0) is 17.6 Å². The number of rotatable bonds is 6. The summed E-state index contributed by atoms with van der Waals surface area (Å²) in [7, 11) is 3.49. The van der Waals surface area contributed by atoms with E-state index >= 15 is 0 Å². The van der Waals surface area contributed by atoms with E-state index in [0.29, 0.717) is 5.75 Å². The zero-order valence-corrected chi connectivity index (χ0v) is 12.5. The Morgan fingerprint density at radius 1 is 1.52 bits per heavy atom. The number of hydrogen-bond donors (Lipinski definition) is 1. The van der Waals surface area contributed by atoms with Crippen LogP contribution < -0.4 is 4.74 Å². The van der Waals surface area contributed by atoms with Crippen LogP contribution in [0.3, 0.4) is 0 Å². The minimum absolute atomic E-state index is 0.657. The molecule has 0 aliphatic rings. The Hall–Kier alpha value is -2.28. The van der Waals surface area contributed by atoms with E-state index in [2.05, 4.69) is 10.2 Å². The van der Waals surface area contributed by atoms with Crippen LogP contribution in [0.1, 0.15) is 11.1 Å². The second-order valence-electron chi connectivity index (χ2n) is 4.26. The summed E-state index contributed by atoms with van der Waals surface area (Å²) >= 11 is 1.54. The Bertz CT molecular complexity index is 667. The van der Waals surface area contributed by atoms with Crippen LogP contribution in [0.5, 0.6) is 5.75 Å². The van der Waals surface area contributed by atoms with E-state index in [1.54, 1.807) is 19.5 Å². The fourth-order valence-electron chi connectivity index (χ4n) is 1.73. The zero-order chi connectivity index (χ0) is 15.2. The number of hydrogen-bond acceptors (Lipinski definition) is 5. The second-order valence-corrected chi connectivity index (χ2v) is 5.20. The van der Waals surface area contributed by atoms with Crippen molar-refractivity contribution in [3.8, 4) is 5.75 Å². The molecule has 0 fully saturated rings. The summed E-state index contributed by atoms with van der Waals surface area (Å²) in [5, 5.41) is 17.3. The number of nitrogens with zero attached hydrogens (tertiary/aromatic N) is 3. The molecule has 1 N–H and O–H groups in total. The summed E-state index contributed by atoms with van der Waals surface area (Å²) in [6.07, 6.45) is 4.31. The molecular formula is C14H15N3O3S. The van der Waals surface area contributed by atoms with E-state index in [4.69, 9.17) is 9.84 Å². The minimum atomic E-state index is -0.971. The maximum atomic E-state index is 10.6. The van der Waals surface area contributed by atoms with Gasteiger partial charge in [0.2, 0.25) is 0 Å². The zero-order valence-electron chi connectivity index (χ0n) is 11.7. The maximum absolute atomic E-state index is 10.6. The molecule has 1 aromatic heterocycles. The first-order valence-electron chi connectivity index (χ1n) is 6.15. The van der Waals surface area contributed by atoms with Gasteiger partial charge >= 0.3 is 5.97 Å². The molecule has 0 unspecified atom stereocenters. The van der Waals surface area contributed by atoms with Gasteiger partial charge in [0, 0.05) is 24.4 Å². The molecule has 110 valence electrons. The lowest BCUT2D eigenvalue weighted by atomic mass is 10.1. The van der Waals surface area contributed by atoms with Crippen LogP contribution in [0.2, 0.25) is 0 Å². The van der Waals surface area contributed by atoms with Crippen LogP contribution in [0, 0.1) is 0 Å². The molecule has 2 rings (SSSR count). The highest BCUT2D eigenvalue weighted by Crippen LogP contribution is 2.27. The molecule has 2 aromatic rings. The van der Waals surface area contributed by atoms with E-state index in [0.717, 1.165) is 28.1 Å². The highest BCUT2D eigenvalue weighted by Gasteiger charge is 2.07. The van der Waals surface area contributed by atoms with E-state index in [1.165, 1.54) is 11.8 Å². The van der Waals surface area contributed by atoms with Crippen LogP contribution in [0.25, 0.3) is 6.08 Å². The largest absolute Gasteiger partial charge is 0.496 e. The Kier molecular flexibility index (Phi) is 4.99. The number of aliphatic carboxylic acids is 1. The number of aryl methyl sites for hydroxylation is 1. The summed E-state index contributed by atoms with van der Waals surface area (Å²) in [6, 6.07) is 5.55. The van der Waals surface area contributed by atoms with Gasteiger partial charge in [-0.05, 0) is 23.8 Å². The van der Waals surface area contributed by atoms with Crippen molar-refractivity contribution in [2.75, 3.05) is 7.11 Å². The smallest absolute Gasteiger partial charge is 0.328 e. The highest BCUT2D eigenvalue weighted by atomic mass is 32.2. The Balaban J connectivity index is 2.17. The van der Waals surface area contributed by atoms with E-state index in [-0.39, 0.29) is 0 Å². The molecule has 0 atom stereocenters. The quantitative estimate of drug-likeness (QED) is 0.651. The van der Waals surface area contributed by atoms with Crippen LogP contribution >= 0.6 is 11.8 Å². The standard InChI is InChI=1S/C14H15N3O3S/c1-17-9-15-16-14(17)21-8-11-7-10(4-6-13(18)19)3-5-12(11)20-2/h3-7,9H,8H2,1-2H3,(H,18,19). The fraction of sp³-hybridized carbons (Fsp3) is 0.214. The van der Waals surface area contributed by atoms with Crippen molar-refractivity contribution in [1.29, 1.82) is 0 Å². The maximum Gasteiger partial charge on any atom is 0.328 e. The van der Waals surface area contributed by atoms with Crippen molar-refractivity contribution in [3.05, 3.63) is 41.7 Å². The minimum Gasteiger partial charge on any atom is -0.496 e. The molecule has 0 spiro atoms. The number of carbonyl (C=O) groups is 1. The predicted octanol–water partition coefficient (Wildman–Crippen LogP) is 2.21. The van der Waals surface area contributed by atoms with Gasteiger partial charge in [0.05, 0.1) is 7.11 Å². The molecule has 0 saturated heterocycles. The van der Waals surface area contributed by atoms with Gasteiger partial charge in [0.1, 0.15) is 12.1 Å². The molecule has 1 aromatic carbocycles. The van der Waals surface area contributed by atoms with Crippen LogP contribution in [0.4, 0.5) is 0 Å². The third kappa shape index (κ3) is 4.09. The lowest BCUT2D eigenvalue weighted by molar-refractivity contribution is -0.131. The second kappa shape index (κ2) is 6.94. The number of carboxylic acids is 1. The highest BCUT2D eigenvalue weighted by molar-refractivity contribution is 7.98. The van der Waals surface area contributed by atoms with Gasteiger partial charge in [-0.2, -0.15) is 0 Å². The van der Waals surface area contributed by atoms with Crippen molar-refractivity contribution in [3.63, 3.8) is 0 Å². The normalized spacial score (nSPS) is 11.0. The summed E-state index contributed by atoms with van der Waals surface area (Å²) in [6.45, 7) is 0. The predicted molar refractivity (Wildman–Crippen MR) is 80.2 cm³/mol. The Morgan fingerprint density at radius 3 is 2.95 bits per heavy atom. The molecule has 0 radical (unpaired) electrons. The number of aromatic nitrogens is 3. The van der Waals surface area contributed by atoms with Gasteiger partial charge in [-0.3, -0.25) is 0 Å². The van der Waals surface area contributed by atoms with E-state index in [9.17, 15) is 4.79 Å². The van der Waals surface area contributed by atoms with Crippen LogP contribution in [0.15, 0.2) is 35.8 Å². The molecule has 6 nitrogen and oxygen atoms in total. The summed E-state index contributed by atoms with van der Waals surface area (Å²) in [5.74, 6) is 0.447. The lowest BCUT2D eigenvalue weighted by Crippen LogP contribution is -1.94. The summed E-state index contributed by atoms with van der Waals surface area (Å²) < 4.78 is 7.17. The molecule has 7 heteroatoms. The fourth-order valence-corrected chi connectivity index (χ4v) is 2.59. The van der Waals surface area contributed by atoms with Gasteiger partial charge in [-0.15, -0.1) is 10.2 Å². The van der Waals surface area contributed by atoms with Crippen LogP contribution in [-0.4, -0.2) is 33.0 Å². The molecule has 0 aliphatic heterocycles. The van der Waals surface area contributed by atoms with E-state index in [1.807, 2.05) is 29.8 Å². The number of benzene rings is 1. The average molecular weight is 305 g/mol. The Labute approximate surface area is 126 Å². The molecule has 21 heavy (non-hydrogen) atoms. The first kappa shape index (κ1) is 15.1. The van der Waals surface area contributed by atoms with Crippen molar-refractivity contribution in [2.24, 2.45) is 7.05 Å². The molecule has 0 saturated carbocycles. The molecule has 0 amide bonds. The van der Waals surface area contributed by atoms with Gasteiger partial charge in [0.15, 0.2) is 5.16 Å². The SMILES string of the molecule is COc1ccc(C=CC(=O)O)cc1CSc1nncn1C. The van der Waals surface area contributed by atoms with Gasteiger partial charge in [0.25, 0.3) is 0 Å². The molecule has 0 bridgehead atoms. The number of ether oxygens (including phenoxy) is 1. The third-order valence-corrected chi connectivity index (χ3v) is 3.83. The number of methoxy groups -OCH3 is 1. The first-order valence-corrected chi connectivity index (χ1v) is 7.13. The third-order valence-electron chi connectivity index (χ3n) is 2.75. The lowest BCUT2D eigenvalue weighted by Gasteiger charge is -2.09. The molecular weight excluding hydrogens is 290 g/mol. The molecule has 0 aliphatic carbocycles. The molecule has 1 heterocycles. The van der Waals surface area contributed by atoms with Crippen molar-refractivity contribution in [2.45, 2.75) is 10.9 Å². The summed E-state index contributed by atoms with van der Waals surface area (Å²) in [4.78, 5) is 10.6. The van der Waals surface area contributed by atoms with Crippen molar-refractivity contribution >= 4 is 23.8 Å². The van der Waals surface area contributed by atoms with E-state index < -0.39 is 5.97 Å². The Morgan fingerprint density at radius 2 is 2.33 bits per heavy atom. The van der Waals surface area contributed by atoms with Gasteiger partial charge < -0.3 is 14.4 Å². The monoisotopic (exact) mass is 305 g/mol. The topological polar surface area (TPSA) is 77.2 Å². The number of carboxylic acid groups (broad SMARTS) is 1. The first-order chi connectivity index (χ1) is 10.1. The average Bonchev–Trinajstić information content (AvgIpc) is 2.88.